The van der Waals surface area contributed by atoms with E-state index < -0.39 is 0 Å². The molecule has 2 radical (unpaired) electrons. The van der Waals surface area contributed by atoms with Crippen LogP contribution in [0.3, 0.4) is 0 Å². The van der Waals surface area contributed by atoms with Crippen molar-refractivity contribution in [2.75, 3.05) is 31.6 Å². The van der Waals surface area contributed by atoms with E-state index in [1.165, 1.54) is 0 Å². The highest BCUT2D eigenvalue weighted by molar-refractivity contribution is 7.39. The highest BCUT2D eigenvalue weighted by Crippen LogP contribution is 2.42. The Balaban J connectivity index is 1.94. The molecule has 0 bridgehead atoms. The minimum Gasteiger partial charge on any atom is -0.368 e. The van der Waals surface area contributed by atoms with Crippen LogP contribution >= 0.6 is 27.7 Å². The molecule has 30 heavy (non-hydrogen) atoms. The summed E-state index contributed by atoms with van der Waals surface area (Å²) < 4.78 is 0. The van der Waals surface area contributed by atoms with Gasteiger partial charge in [0.15, 0.2) is 0 Å². The summed E-state index contributed by atoms with van der Waals surface area (Å²) in [4.78, 5) is 13.9. The zero-order valence-corrected chi connectivity index (χ0v) is 21.5. The van der Waals surface area contributed by atoms with Gasteiger partial charge in [0.25, 0.3) is 0 Å². The molecule has 1 aliphatic heterocycles. The van der Waals surface area contributed by atoms with Crippen molar-refractivity contribution in [1.82, 2.24) is 14.9 Å². The van der Waals surface area contributed by atoms with Crippen molar-refractivity contribution in [2.45, 2.75) is 42.7 Å². The third-order valence-corrected chi connectivity index (χ3v) is 7.23. The number of piperidine rings is 1. The number of rotatable bonds is 6. The van der Waals surface area contributed by atoms with E-state index in [-0.39, 0.29) is 9.95 Å². The normalized spacial score (nSPS) is 22.1. The maximum Gasteiger partial charge on any atom is 0.113 e. The molecule has 1 aromatic carbocycles. The van der Waals surface area contributed by atoms with E-state index >= 15 is 0 Å². The first-order valence-electron chi connectivity index (χ1n) is 10.2. The standard InChI is InChI=1S/C21H31BN5P3/c1-20(22,28)6-9-26(3)16-10-15(21(2,29)30)12-27(13-16)17-5-4-14(11-23)18-19(17)25-8-7-24-18/h4-5,7-8,15-16H,6,9-10,12-13,28-30H2,1-3H3. The fourth-order valence-electron chi connectivity index (χ4n) is 4.03. The van der Waals surface area contributed by atoms with E-state index in [1.807, 2.05) is 19.1 Å². The highest BCUT2D eigenvalue weighted by atomic mass is 31.1. The quantitative estimate of drug-likeness (QED) is 0.493. The average molecular weight is 457 g/mol. The van der Waals surface area contributed by atoms with Gasteiger partial charge in [-0.25, -0.2) is 0 Å². The topological polar surface area (TPSA) is 56.0 Å². The van der Waals surface area contributed by atoms with Crippen LogP contribution in [0.4, 0.5) is 5.69 Å². The van der Waals surface area contributed by atoms with Gasteiger partial charge in [-0.1, -0.05) is 18.9 Å². The summed E-state index contributed by atoms with van der Waals surface area (Å²) in [5, 5.41) is 9.22. The highest BCUT2D eigenvalue weighted by Gasteiger charge is 2.37. The summed E-state index contributed by atoms with van der Waals surface area (Å²) in [5.41, 5.74) is 3.08. The monoisotopic (exact) mass is 457 g/mol. The van der Waals surface area contributed by atoms with Crippen molar-refractivity contribution in [1.29, 1.82) is 5.26 Å². The molecule has 9 heteroatoms. The fourth-order valence-corrected chi connectivity index (χ4v) is 4.64. The van der Waals surface area contributed by atoms with Gasteiger partial charge in [0.1, 0.15) is 17.1 Å². The van der Waals surface area contributed by atoms with E-state index in [4.69, 9.17) is 7.85 Å². The van der Waals surface area contributed by atoms with Crippen LogP contribution in [-0.4, -0.2) is 65.4 Å². The number of nitriles is 1. The molecular weight excluding hydrogens is 426 g/mol. The van der Waals surface area contributed by atoms with Crippen LogP contribution in [-0.2, 0) is 0 Å². The van der Waals surface area contributed by atoms with Crippen LogP contribution in [0.5, 0.6) is 0 Å². The van der Waals surface area contributed by atoms with Crippen molar-refractivity contribution in [3.8, 4) is 6.07 Å². The van der Waals surface area contributed by atoms with Gasteiger partial charge in [0, 0.05) is 36.4 Å². The minimum atomic E-state index is -0.253. The summed E-state index contributed by atoms with van der Waals surface area (Å²) >= 11 is 0. The predicted molar refractivity (Wildman–Crippen MR) is 137 cm³/mol. The zero-order valence-electron chi connectivity index (χ0n) is 18.0. The SMILES string of the molecule is [B]C(C)(P)CCN(C)C1CC(C(C)(P)P)CN(c2ccc(C#N)c3nccnc23)C1. The molecule has 1 fully saturated rings. The summed E-state index contributed by atoms with van der Waals surface area (Å²) in [7, 11) is 17.1. The number of nitrogens with zero attached hydrogens (tertiary/aromatic N) is 5. The largest absolute Gasteiger partial charge is 0.368 e. The zero-order chi connectivity index (χ0) is 22.1. The van der Waals surface area contributed by atoms with Crippen LogP contribution in [0, 0.1) is 17.2 Å². The Morgan fingerprint density at radius 3 is 2.47 bits per heavy atom. The molecular formula is C21H31BN5P3. The van der Waals surface area contributed by atoms with Gasteiger partial charge in [-0.3, -0.25) is 9.97 Å². The lowest BCUT2D eigenvalue weighted by Gasteiger charge is -2.47. The maximum absolute atomic E-state index is 9.47. The first-order chi connectivity index (χ1) is 14.0. The molecule has 3 rings (SSSR count). The molecule has 158 valence electrons. The van der Waals surface area contributed by atoms with Crippen molar-refractivity contribution in [3.63, 3.8) is 0 Å². The van der Waals surface area contributed by atoms with Crippen molar-refractivity contribution >= 4 is 52.3 Å². The van der Waals surface area contributed by atoms with Crippen LogP contribution in [0.1, 0.15) is 32.3 Å². The lowest BCUT2D eigenvalue weighted by molar-refractivity contribution is 0.179. The molecule has 5 nitrogen and oxygen atoms in total. The molecule has 6 unspecified atom stereocenters. The van der Waals surface area contributed by atoms with Crippen molar-refractivity contribution < 1.29 is 0 Å². The van der Waals surface area contributed by atoms with E-state index in [1.54, 1.807) is 12.4 Å². The second kappa shape index (κ2) is 9.34. The molecule has 1 saturated heterocycles. The molecule has 1 aromatic heterocycles. The molecule has 6 atom stereocenters. The Morgan fingerprint density at radius 2 is 1.87 bits per heavy atom. The van der Waals surface area contributed by atoms with Gasteiger partial charge >= 0.3 is 0 Å². The Kier molecular flexibility index (Phi) is 7.42. The van der Waals surface area contributed by atoms with Crippen molar-refractivity contribution in [3.05, 3.63) is 30.1 Å². The van der Waals surface area contributed by atoms with Gasteiger partial charge in [0.05, 0.1) is 19.1 Å². The van der Waals surface area contributed by atoms with E-state index in [0.29, 0.717) is 23.0 Å². The Labute approximate surface area is 188 Å². The molecule has 1 aliphatic rings. The lowest BCUT2D eigenvalue weighted by atomic mass is 9.84. The maximum atomic E-state index is 9.47. The third kappa shape index (κ3) is 5.69. The Hall–Kier alpha value is -0.835. The van der Waals surface area contributed by atoms with Crippen molar-refractivity contribution in [2.24, 2.45) is 5.92 Å². The summed E-state index contributed by atoms with van der Waals surface area (Å²) in [6, 6.07) is 6.53. The smallest absolute Gasteiger partial charge is 0.113 e. The Morgan fingerprint density at radius 1 is 1.20 bits per heavy atom. The molecule has 0 amide bonds. The molecule has 0 N–H and O–H groups in total. The Bertz CT molecular complexity index is 935. The number of anilines is 1. The number of fused-ring (bicyclic) bond motifs is 1. The van der Waals surface area contributed by atoms with Crippen LogP contribution in [0.25, 0.3) is 11.0 Å². The van der Waals surface area contributed by atoms with Crippen LogP contribution < -0.4 is 4.90 Å². The third-order valence-electron chi connectivity index (χ3n) is 6.00. The van der Waals surface area contributed by atoms with Gasteiger partial charge in [-0.2, -0.15) is 5.26 Å². The summed E-state index contributed by atoms with van der Waals surface area (Å²) in [6.07, 6.45) is 5.39. The summed E-state index contributed by atoms with van der Waals surface area (Å²) in [5.74, 6) is 0.469. The second-order valence-electron chi connectivity index (χ2n) is 9.09. The average Bonchev–Trinajstić information content (AvgIpc) is 2.69. The van der Waals surface area contributed by atoms with Crippen LogP contribution in [0.15, 0.2) is 24.5 Å². The van der Waals surface area contributed by atoms with Gasteiger partial charge < -0.3 is 9.80 Å². The molecule has 2 heterocycles. The number of likely N-dealkylation sites (N-methyl/N-ethyl adjacent to an activating group) is 1. The second-order valence-corrected chi connectivity index (χ2v) is 13.6. The number of hydrogen-bond acceptors (Lipinski definition) is 5. The van der Waals surface area contributed by atoms with E-state index in [0.717, 1.165) is 43.7 Å². The molecule has 2 aromatic rings. The summed E-state index contributed by atoms with van der Waals surface area (Å²) in [6.45, 7) is 7.09. The lowest BCUT2D eigenvalue weighted by Crippen LogP contribution is -2.53. The predicted octanol–water partition coefficient (Wildman–Crippen LogP) is 3.24. The number of aromatic nitrogens is 2. The van der Waals surface area contributed by atoms with Gasteiger partial charge in [0.2, 0.25) is 0 Å². The number of benzene rings is 1. The van der Waals surface area contributed by atoms with Gasteiger partial charge in [-0.15, -0.1) is 27.7 Å². The van der Waals surface area contributed by atoms with E-state index in [2.05, 4.69) is 67.5 Å². The molecule has 0 aliphatic carbocycles. The number of hydrogen-bond donors (Lipinski definition) is 0. The minimum absolute atomic E-state index is 0.0365. The fraction of sp³-hybridized carbons (Fsp3) is 0.571. The molecule has 0 saturated carbocycles. The first kappa shape index (κ1) is 23.8. The van der Waals surface area contributed by atoms with Crippen LogP contribution in [0.2, 0.25) is 0 Å². The van der Waals surface area contributed by atoms with Gasteiger partial charge in [-0.05, 0) is 44.5 Å². The first-order valence-corrected chi connectivity index (χ1v) is 12.0. The van der Waals surface area contributed by atoms with E-state index in [9.17, 15) is 5.26 Å². The molecule has 0 spiro atoms.